The molecular weight excluding hydrogens is 378 g/mol. The summed E-state index contributed by atoms with van der Waals surface area (Å²) in [5.74, 6) is -1.71. The molecule has 0 saturated carbocycles. The molecule has 164 valence electrons. The summed E-state index contributed by atoms with van der Waals surface area (Å²) in [6.07, 6.45) is -0.740. The minimum Gasteiger partial charge on any atom is -0.481 e. The maximum Gasteiger partial charge on any atom is 0.410 e. The van der Waals surface area contributed by atoms with Gasteiger partial charge in [-0.3, -0.25) is 9.69 Å². The first kappa shape index (κ1) is 24.9. The van der Waals surface area contributed by atoms with Crippen molar-refractivity contribution in [3.63, 3.8) is 0 Å². The predicted molar refractivity (Wildman–Crippen MR) is 111 cm³/mol. The highest BCUT2D eigenvalue weighted by Crippen LogP contribution is 2.40. The lowest BCUT2D eigenvalue weighted by Crippen LogP contribution is -2.49. The number of methoxy groups -OCH3 is 1. The zero-order chi connectivity index (χ0) is 22.1. The average molecular weight is 418 g/mol. The number of carbonyl (C=O) groups excluding carboxylic acids is 1. The molecule has 28 heavy (non-hydrogen) atoms. The fourth-order valence-electron chi connectivity index (χ4n) is 3.18. The number of carboxylic acid groups (broad SMARTS) is 1. The van der Waals surface area contributed by atoms with Crippen LogP contribution in [0.15, 0.2) is 0 Å². The zero-order valence-electron chi connectivity index (χ0n) is 19.2. The number of rotatable bonds is 6. The molecule has 1 aliphatic heterocycles. The second-order valence-corrected chi connectivity index (χ2v) is 15.0. The molecule has 0 aromatic carbocycles. The number of hydrogen-bond donors (Lipinski definition) is 1. The Hall–Kier alpha value is -1.12. The van der Waals surface area contributed by atoms with Gasteiger partial charge in [-0.1, -0.05) is 20.8 Å². The summed E-state index contributed by atoms with van der Waals surface area (Å²) >= 11 is 0. The summed E-state index contributed by atoms with van der Waals surface area (Å²) in [6, 6.07) is -0.416. The molecule has 1 N–H and O–H groups in total. The molecule has 1 amide bonds. The van der Waals surface area contributed by atoms with E-state index in [0.717, 1.165) is 0 Å². The lowest BCUT2D eigenvalue weighted by Gasteiger charge is -2.38. The van der Waals surface area contributed by atoms with E-state index >= 15 is 0 Å². The molecule has 0 aromatic heterocycles. The van der Waals surface area contributed by atoms with Gasteiger partial charge in [-0.25, -0.2) is 4.79 Å². The normalized spacial score (nSPS) is 23.4. The number of aliphatic carboxylic acids is 1. The predicted octanol–water partition coefficient (Wildman–Crippen LogP) is 4.12. The number of nitrogens with zero attached hydrogens (tertiary/aromatic N) is 1. The van der Waals surface area contributed by atoms with E-state index in [1.54, 1.807) is 11.8 Å². The third kappa shape index (κ3) is 6.19. The number of carboxylic acids is 1. The molecule has 7 nitrogen and oxygen atoms in total. The van der Waals surface area contributed by atoms with Gasteiger partial charge in [0.15, 0.2) is 8.32 Å². The second kappa shape index (κ2) is 8.71. The fraction of sp³-hybridized carbons (Fsp3) is 0.900. The minimum atomic E-state index is -2.04. The van der Waals surface area contributed by atoms with Crippen molar-refractivity contribution in [3.05, 3.63) is 0 Å². The largest absolute Gasteiger partial charge is 0.481 e. The monoisotopic (exact) mass is 417 g/mol. The van der Waals surface area contributed by atoms with Crippen molar-refractivity contribution in [2.24, 2.45) is 5.92 Å². The van der Waals surface area contributed by atoms with Crippen LogP contribution < -0.4 is 0 Å². The third-order valence-electron chi connectivity index (χ3n) is 5.73. The molecule has 0 aromatic rings. The van der Waals surface area contributed by atoms with Crippen LogP contribution in [0.3, 0.4) is 0 Å². The summed E-state index contributed by atoms with van der Waals surface area (Å²) in [4.78, 5) is 26.0. The molecule has 0 bridgehead atoms. The van der Waals surface area contributed by atoms with Gasteiger partial charge < -0.3 is 19.0 Å². The van der Waals surface area contributed by atoms with E-state index in [0.29, 0.717) is 13.0 Å². The quantitative estimate of drug-likeness (QED) is 0.654. The molecule has 1 heterocycles. The lowest BCUT2D eigenvalue weighted by atomic mass is 9.95. The summed E-state index contributed by atoms with van der Waals surface area (Å²) in [6.45, 7) is 18.3. The van der Waals surface area contributed by atoms with Crippen molar-refractivity contribution in [1.29, 1.82) is 0 Å². The van der Waals surface area contributed by atoms with E-state index in [1.165, 1.54) is 7.11 Å². The van der Waals surface area contributed by atoms with Crippen molar-refractivity contribution in [3.8, 4) is 0 Å². The van der Waals surface area contributed by atoms with Gasteiger partial charge in [-0.05, 0) is 52.2 Å². The molecule has 1 aliphatic rings. The Kier molecular flexibility index (Phi) is 7.75. The van der Waals surface area contributed by atoms with Gasteiger partial charge in [0.2, 0.25) is 0 Å². The zero-order valence-corrected chi connectivity index (χ0v) is 20.2. The van der Waals surface area contributed by atoms with E-state index in [2.05, 4.69) is 33.9 Å². The number of hydrogen-bond acceptors (Lipinski definition) is 5. The minimum absolute atomic E-state index is 0.0385. The smallest absolute Gasteiger partial charge is 0.410 e. The fourth-order valence-corrected chi connectivity index (χ4v) is 4.54. The average Bonchev–Trinajstić information content (AvgIpc) is 2.87. The van der Waals surface area contributed by atoms with E-state index in [1.807, 2.05) is 20.8 Å². The molecule has 0 unspecified atom stereocenters. The van der Waals surface area contributed by atoms with Crippen molar-refractivity contribution in [2.45, 2.75) is 96.9 Å². The Morgan fingerprint density at radius 3 is 2.07 bits per heavy atom. The van der Waals surface area contributed by atoms with E-state index < -0.39 is 44.0 Å². The van der Waals surface area contributed by atoms with Gasteiger partial charge in [-0.2, -0.15) is 0 Å². The number of carbonyl (C=O) groups is 2. The summed E-state index contributed by atoms with van der Waals surface area (Å²) in [5.41, 5.74) is -0.638. The SMILES string of the molecule is CO[C@H]([C@@H](C)C(=O)O)[C@@H]1C[C@H](O[Si](C)(C)C(C)(C)C)CN1C(=O)OC(C)(C)C. The molecule has 4 atom stereocenters. The molecule has 1 saturated heterocycles. The second-order valence-electron chi connectivity index (χ2n) is 10.3. The highest BCUT2D eigenvalue weighted by molar-refractivity contribution is 6.74. The first-order valence-corrected chi connectivity index (χ1v) is 12.8. The summed E-state index contributed by atoms with van der Waals surface area (Å²) in [7, 11) is -0.555. The Labute approximate surface area is 170 Å². The van der Waals surface area contributed by atoms with Gasteiger partial charge in [0, 0.05) is 13.7 Å². The highest BCUT2D eigenvalue weighted by Gasteiger charge is 2.48. The maximum atomic E-state index is 12.8. The topological polar surface area (TPSA) is 85.3 Å². The third-order valence-corrected chi connectivity index (χ3v) is 10.3. The first-order valence-electron chi connectivity index (χ1n) is 9.93. The van der Waals surface area contributed by atoms with Crippen LogP contribution in [0.5, 0.6) is 0 Å². The molecular formula is C20H39NO6Si. The molecule has 8 heteroatoms. The number of likely N-dealkylation sites (tertiary alicyclic amines) is 1. The number of ether oxygens (including phenoxy) is 2. The van der Waals surface area contributed by atoms with Crippen molar-refractivity contribution < 1.29 is 28.6 Å². The van der Waals surface area contributed by atoms with Gasteiger partial charge in [-0.15, -0.1) is 0 Å². The summed E-state index contributed by atoms with van der Waals surface area (Å²) in [5, 5.41) is 9.51. The van der Waals surface area contributed by atoms with E-state index in [4.69, 9.17) is 13.9 Å². The molecule has 0 radical (unpaired) electrons. The lowest BCUT2D eigenvalue weighted by molar-refractivity contribution is -0.147. The number of amides is 1. The van der Waals surface area contributed by atoms with Gasteiger partial charge in [0.1, 0.15) is 5.60 Å². The highest BCUT2D eigenvalue weighted by atomic mass is 28.4. The van der Waals surface area contributed by atoms with Crippen LogP contribution >= 0.6 is 0 Å². The maximum absolute atomic E-state index is 12.8. The van der Waals surface area contributed by atoms with Crippen LogP contribution in [-0.4, -0.2) is 67.9 Å². The van der Waals surface area contributed by atoms with E-state index in [9.17, 15) is 14.7 Å². The van der Waals surface area contributed by atoms with Crippen LogP contribution in [0.2, 0.25) is 18.1 Å². The first-order chi connectivity index (χ1) is 12.5. The van der Waals surface area contributed by atoms with Gasteiger partial charge >= 0.3 is 12.1 Å². The Morgan fingerprint density at radius 1 is 1.14 bits per heavy atom. The Balaban J connectivity index is 3.14. The van der Waals surface area contributed by atoms with Crippen LogP contribution in [0.25, 0.3) is 0 Å². The van der Waals surface area contributed by atoms with Gasteiger partial charge in [0.25, 0.3) is 0 Å². The Bertz CT molecular complexity index is 566. The molecule has 0 aliphatic carbocycles. The van der Waals surface area contributed by atoms with E-state index in [-0.39, 0.29) is 11.1 Å². The molecule has 0 spiro atoms. The van der Waals surface area contributed by atoms with Crippen molar-refractivity contribution >= 4 is 20.4 Å². The van der Waals surface area contributed by atoms with Crippen molar-refractivity contribution in [1.82, 2.24) is 4.90 Å². The summed E-state index contributed by atoms with van der Waals surface area (Å²) < 4.78 is 17.6. The Morgan fingerprint density at radius 2 is 1.68 bits per heavy atom. The standard InChI is InChI=1S/C20H39NO6Si/c1-13(17(22)23)16(25-8)15-11-14(27-28(9,10)20(5,6)7)12-21(15)18(24)26-19(2,3)4/h13-16H,11-12H2,1-10H3,(H,22,23)/t13-,14+,15+,16-/m1/s1. The van der Waals surface area contributed by atoms with Crippen molar-refractivity contribution in [2.75, 3.05) is 13.7 Å². The van der Waals surface area contributed by atoms with Gasteiger partial charge in [0.05, 0.1) is 24.2 Å². The molecule has 1 fully saturated rings. The molecule has 1 rings (SSSR count). The van der Waals surface area contributed by atoms with Crippen LogP contribution in [0.4, 0.5) is 4.79 Å². The van der Waals surface area contributed by atoms with Crippen LogP contribution in [0.1, 0.15) is 54.9 Å². The van der Waals surface area contributed by atoms with Crippen LogP contribution in [-0.2, 0) is 18.7 Å². The van der Waals surface area contributed by atoms with Crippen LogP contribution in [0, 0.1) is 5.92 Å².